The molecule has 2 aromatic carbocycles. The van der Waals surface area contributed by atoms with Crippen molar-refractivity contribution in [2.45, 2.75) is 0 Å². The van der Waals surface area contributed by atoms with Crippen molar-refractivity contribution in [3.05, 3.63) is 58.5 Å². The van der Waals surface area contributed by atoms with Gasteiger partial charge in [0.15, 0.2) is 0 Å². The second-order valence-electron chi connectivity index (χ2n) is 4.62. The van der Waals surface area contributed by atoms with Crippen molar-refractivity contribution in [1.82, 2.24) is 0 Å². The van der Waals surface area contributed by atoms with Crippen molar-refractivity contribution in [3.63, 3.8) is 0 Å². The lowest BCUT2D eigenvalue weighted by atomic mass is 9.99. The molecule has 0 amide bonds. The molecule has 1 aromatic heterocycles. The number of anilines is 1. The number of fused-ring (bicyclic) bond motifs is 5. The Morgan fingerprint density at radius 3 is 2.89 bits per heavy atom. The number of benzene rings is 2. The van der Waals surface area contributed by atoms with Gasteiger partial charge >= 0.3 is 5.63 Å². The molecule has 0 spiro atoms. The summed E-state index contributed by atoms with van der Waals surface area (Å²) in [5.74, 6) is 0. The van der Waals surface area contributed by atoms with Gasteiger partial charge in [-0.2, -0.15) is 0 Å². The van der Waals surface area contributed by atoms with Crippen LogP contribution in [-0.4, -0.2) is 6.54 Å². The van der Waals surface area contributed by atoms with E-state index in [1.54, 1.807) is 0 Å². The van der Waals surface area contributed by atoms with E-state index in [1.807, 2.05) is 48.6 Å². The third-order valence-electron chi connectivity index (χ3n) is 3.52. The van der Waals surface area contributed by atoms with E-state index in [4.69, 9.17) is 4.42 Å². The molecule has 0 aliphatic carbocycles. The topological polar surface area (TPSA) is 42.2 Å². The van der Waals surface area contributed by atoms with Gasteiger partial charge in [-0.25, -0.2) is 4.79 Å². The molecule has 0 saturated heterocycles. The first-order valence-corrected chi connectivity index (χ1v) is 6.23. The number of rotatable bonds is 0. The molecule has 1 aliphatic rings. The van der Waals surface area contributed by atoms with Crippen molar-refractivity contribution in [2.75, 3.05) is 11.9 Å². The molecule has 0 radical (unpaired) electrons. The molecule has 0 unspecified atom stereocenters. The lowest BCUT2D eigenvalue weighted by Crippen LogP contribution is -2.09. The van der Waals surface area contributed by atoms with Gasteiger partial charge < -0.3 is 9.73 Å². The zero-order valence-electron chi connectivity index (χ0n) is 10.1. The lowest BCUT2D eigenvalue weighted by Gasteiger charge is -2.15. The Labute approximate surface area is 109 Å². The van der Waals surface area contributed by atoms with E-state index in [0.717, 1.165) is 28.6 Å². The normalized spacial score (nSPS) is 13.5. The smallest absolute Gasteiger partial charge is 0.344 e. The van der Waals surface area contributed by atoms with Gasteiger partial charge in [-0.05, 0) is 12.1 Å². The highest BCUT2D eigenvalue weighted by molar-refractivity contribution is 6.09. The first-order valence-electron chi connectivity index (χ1n) is 6.23. The van der Waals surface area contributed by atoms with Gasteiger partial charge in [0.2, 0.25) is 0 Å². The van der Waals surface area contributed by atoms with Crippen molar-refractivity contribution < 1.29 is 4.42 Å². The highest BCUT2D eigenvalue weighted by Crippen LogP contribution is 2.31. The molecule has 19 heavy (non-hydrogen) atoms. The number of hydrogen-bond donors (Lipinski definition) is 1. The molecule has 0 saturated carbocycles. The molecule has 0 atom stereocenters. The van der Waals surface area contributed by atoms with Crippen LogP contribution in [0.1, 0.15) is 5.56 Å². The Hall–Kier alpha value is -2.55. The van der Waals surface area contributed by atoms with Crippen LogP contribution in [0, 0.1) is 0 Å². The largest absolute Gasteiger partial charge is 0.422 e. The van der Waals surface area contributed by atoms with E-state index in [9.17, 15) is 4.79 Å². The maximum absolute atomic E-state index is 12.2. The predicted molar refractivity (Wildman–Crippen MR) is 77.5 cm³/mol. The van der Waals surface area contributed by atoms with E-state index >= 15 is 0 Å². The second kappa shape index (κ2) is 3.72. The average Bonchev–Trinajstić information content (AvgIpc) is 2.46. The Balaban J connectivity index is 2.28. The van der Waals surface area contributed by atoms with Crippen molar-refractivity contribution in [3.8, 4) is 0 Å². The van der Waals surface area contributed by atoms with Gasteiger partial charge in [0.1, 0.15) is 5.58 Å². The summed E-state index contributed by atoms with van der Waals surface area (Å²) in [5, 5.41) is 5.83. The van der Waals surface area contributed by atoms with Gasteiger partial charge in [0, 0.05) is 28.6 Å². The molecule has 1 N–H and O–H groups in total. The van der Waals surface area contributed by atoms with E-state index < -0.39 is 0 Å². The van der Waals surface area contributed by atoms with Gasteiger partial charge in [0.05, 0.1) is 5.39 Å². The van der Waals surface area contributed by atoms with Crippen LogP contribution in [0.2, 0.25) is 0 Å². The first kappa shape index (κ1) is 10.4. The SMILES string of the molecule is O=c1oc2ccccc2c2ccc3c(c12)C=CCN3. The molecule has 0 fully saturated rings. The Morgan fingerprint density at radius 1 is 1.05 bits per heavy atom. The molecule has 3 nitrogen and oxygen atoms in total. The van der Waals surface area contributed by atoms with Crippen molar-refractivity contribution in [1.29, 1.82) is 0 Å². The molecular weight excluding hydrogens is 238 g/mol. The van der Waals surface area contributed by atoms with Crippen LogP contribution in [0.25, 0.3) is 27.8 Å². The third-order valence-corrected chi connectivity index (χ3v) is 3.52. The Morgan fingerprint density at radius 2 is 1.95 bits per heavy atom. The van der Waals surface area contributed by atoms with E-state index in [1.165, 1.54) is 0 Å². The summed E-state index contributed by atoms with van der Waals surface area (Å²) in [4.78, 5) is 12.2. The summed E-state index contributed by atoms with van der Waals surface area (Å²) < 4.78 is 5.42. The quantitative estimate of drug-likeness (QED) is 0.490. The number of hydrogen-bond acceptors (Lipinski definition) is 3. The first-order chi connectivity index (χ1) is 9.34. The molecule has 3 heteroatoms. The Kier molecular flexibility index (Phi) is 2.03. The predicted octanol–water partition coefficient (Wildman–Crippen LogP) is 3.38. The van der Waals surface area contributed by atoms with Crippen LogP contribution >= 0.6 is 0 Å². The number of nitrogens with one attached hydrogen (secondary N) is 1. The van der Waals surface area contributed by atoms with Crippen molar-refractivity contribution in [2.24, 2.45) is 0 Å². The highest BCUT2D eigenvalue weighted by atomic mass is 16.4. The van der Waals surface area contributed by atoms with Crippen LogP contribution in [0.15, 0.2) is 51.7 Å². The van der Waals surface area contributed by atoms with Gasteiger partial charge in [-0.1, -0.05) is 36.4 Å². The average molecular weight is 249 g/mol. The fraction of sp³-hybridized carbons (Fsp3) is 0.0625. The van der Waals surface area contributed by atoms with Crippen LogP contribution in [0.4, 0.5) is 5.69 Å². The van der Waals surface area contributed by atoms with E-state index in [2.05, 4.69) is 5.32 Å². The maximum Gasteiger partial charge on any atom is 0.344 e. The molecule has 0 bridgehead atoms. The molecule has 1 aliphatic heterocycles. The third kappa shape index (κ3) is 1.41. The van der Waals surface area contributed by atoms with Crippen LogP contribution in [-0.2, 0) is 0 Å². The zero-order chi connectivity index (χ0) is 12.8. The zero-order valence-corrected chi connectivity index (χ0v) is 10.1. The summed E-state index contributed by atoms with van der Waals surface area (Å²) in [6.45, 7) is 0.789. The Bertz CT molecular complexity index is 890. The molecular formula is C16H11NO2. The van der Waals surface area contributed by atoms with Crippen LogP contribution in [0.5, 0.6) is 0 Å². The summed E-state index contributed by atoms with van der Waals surface area (Å²) >= 11 is 0. The minimum Gasteiger partial charge on any atom is -0.422 e. The summed E-state index contributed by atoms with van der Waals surface area (Å²) in [5.41, 5.74) is 2.26. The van der Waals surface area contributed by atoms with E-state index in [-0.39, 0.29) is 5.63 Å². The monoisotopic (exact) mass is 249 g/mol. The van der Waals surface area contributed by atoms with Gasteiger partial charge in [-0.3, -0.25) is 0 Å². The summed E-state index contributed by atoms with van der Waals surface area (Å²) in [6.07, 6.45) is 4.00. The van der Waals surface area contributed by atoms with Crippen LogP contribution in [0.3, 0.4) is 0 Å². The minimum absolute atomic E-state index is 0.279. The van der Waals surface area contributed by atoms with Gasteiger partial charge in [0.25, 0.3) is 0 Å². The highest BCUT2D eigenvalue weighted by Gasteiger charge is 2.14. The van der Waals surface area contributed by atoms with E-state index in [0.29, 0.717) is 11.0 Å². The lowest BCUT2D eigenvalue weighted by molar-refractivity contribution is 0.569. The molecule has 3 aromatic rings. The number of para-hydroxylation sites is 1. The minimum atomic E-state index is -0.279. The van der Waals surface area contributed by atoms with Crippen molar-refractivity contribution >= 4 is 33.5 Å². The fourth-order valence-corrected chi connectivity index (χ4v) is 2.67. The van der Waals surface area contributed by atoms with Crippen LogP contribution < -0.4 is 10.9 Å². The second-order valence-corrected chi connectivity index (χ2v) is 4.62. The summed E-state index contributed by atoms with van der Waals surface area (Å²) in [6, 6.07) is 11.6. The molecule has 92 valence electrons. The molecule has 4 rings (SSSR count). The maximum atomic E-state index is 12.2. The fourth-order valence-electron chi connectivity index (χ4n) is 2.67. The summed E-state index contributed by atoms with van der Waals surface area (Å²) in [7, 11) is 0. The molecule has 2 heterocycles. The standard InChI is InChI=1S/C16H11NO2/c18-16-15-11(10-4-1-2-6-14(10)19-16)7-8-13-12(15)5-3-9-17-13/h1-8,17H,9H2. The van der Waals surface area contributed by atoms with Gasteiger partial charge in [-0.15, -0.1) is 0 Å².